The summed E-state index contributed by atoms with van der Waals surface area (Å²) < 4.78 is 0. The van der Waals surface area contributed by atoms with Crippen LogP contribution in [0.2, 0.25) is 5.02 Å². The van der Waals surface area contributed by atoms with Gasteiger partial charge in [-0.15, -0.1) is 0 Å². The van der Waals surface area contributed by atoms with E-state index < -0.39 is 0 Å². The summed E-state index contributed by atoms with van der Waals surface area (Å²) >= 11 is 7.76. The maximum absolute atomic E-state index is 11.1. The summed E-state index contributed by atoms with van der Waals surface area (Å²) in [7, 11) is 0. The molecule has 0 bridgehead atoms. The summed E-state index contributed by atoms with van der Waals surface area (Å²) in [6.07, 6.45) is 4.45. The molecule has 0 heterocycles. The van der Waals surface area contributed by atoms with Crippen LogP contribution in [0.1, 0.15) is 27.9 Å². The van der Waals surface area contributed by atoms with Crippen molar-refractivity contribution in [2.75, 3.05) is 0 Å². The van der Waals surface area contributed by atoms with Crippen LogP contribution in [0.4, 0.5) is 0 Å². The van der Waals surface area contributed by atoms with E-state index in [2.05, 4.69) is 18.2 Å². The molecule has 0 saturated carbocycles. The van der Waals surface area contributed by atoms with E-state index in [0.29, 0.717) is 10.6 Å². The molecule has 3 rings (SSSR count). The van der Waals surface area contributed by atoms with Crippen molar-refractivity contribution in [3.05, 3.63) is 58.1 Å². The first kappa shape index (κ1) is 12.8. The highest BCUT2D eigenvalue weighted by Gasteiger charge is 2.13. The van der Waals surface area contributed by atoms with Crippen LogP contribution in [0.25, 0.3) is 0 Å². The van der Waals surface area contributed by atoms with E-state index in [4.69, 9.17) is 11.6 Å². The number of hydrogen-bond acceptors (Lipinski definition) is 2. The Morgan fingerprint density at radius 1 is 1.11 bits per heavy atom. The van der Waals surface area contributed by atoms with Crippen molar-refractivity contribution >= 4 is 29.6 Å². The predicted molar refractivity (Wildman–Crippen MR) is 79.4 cm³/mol. The molecule has 0 aliphatic heterocycles. The van der Waals surface area contributed by atoms with Crippen molar-refractivity contribution in [1.82, 2.24) is 0 Å². The maximum atomic E-state index is 11.1. The van der Waals surface area contributed by atoms with Gasteiger partial charge in [-0.2, -0.15) is 0 Å². The Bertz CT molecular complexity index is 637. The lowest BCUT2D eigenvalue weighted by Gasteiger charge is -2.08. The second-order valence-corrected chi connectivity index (χ2v) is 6.15. The fourth-order valence-electron chi connectivity index (χ4n) is 2.46. The summed E-state index contributed by atoms with van der Waals surface area (Å²) in [5.74, 6) is 0. The summed E-state index contributed by atoms with van der Waals surface area (Å²) in [6.45, 7) is 0. The maximum Gasteiger partial charge on any atom is 0.151 e. The minimum Gasteiger partial charge on any atom is -0.298 e. The third-order valence-corrected chi connectivity index (χ3v) is 4.99. The van der Waals surface area contributed by atoms with Gasteiger partial charge in [-0.05, 0) is 48.6 Å². The summed E-state index contributed by atoms with van der Waals surface area (Å²) in [5, 5.41) is 0.634. The lowest BCUT2D eigenvalue weighted by Crippen LogP contribution is -1.87. The van der Waals surface area contributed by atoms with Crippen molar-refractivity contribution in [2.24, 2.45) is 0 Å². The van der Waals surface area contributed by atoms with Crippen molar-refractivity contribution in [1.29, 1.82) is 0 Å². The van der Waals surface area contributed by atoms with Crippen molar-refractivity contribution in [3.63, 3.8) is 0 Å². The molecule has 1 aliphatic carbocycles. The van der Waals surface area contributed by atoms with E-state index in [9.17, 15) is 4.79 Å². The smallest absolute Gasteiger partial charge is 0.151 e. The van der Waals surface area contributed by atoms with Crippen LogP contribution >= 0.6 is 23.4 Å². The summed E-state index contributed by atoms with van der Waals surface area (Å²) in [6, 6.07) is 12.0. The zero-order valence-corrected chi connectivity index (χ0v) is 11.9. The Morgan fingerprint density at radius 2 is 1.95 bits per heavy atom. The predicted octanol–water partition coefficient (Wildman–Crippen LogP) is 4.79. The van der Waals surface area contributed by atoms with Crippen LogP contribution < -0.4 is 0 Å². The Hall–Kier alpha value is -1.25. The van der Waals surface area contributed by atoms with E-state index >= 15 is 0 Å². The Labute approximate surface area is 122 Å². The van der Waals surface area contributed by atoms with E-state index in [1.165, 1.54) is 24.0 Å². The van der Waals surface area contributed by atoms with E-state index in [1.807, 2.05) is 6.07 Å². The van der Waals surface area contributed by atoms with Crippen LogP contribution in [-0.2, 0) is 12.8 Å². The molecule has 0 spiro atoms. The molecule has 0 N–H and O–H groups in total. The molecular formula is C16H13ClOS. The minimum absolute atomic E-state index is 0.634. The number of halogens is 1. The molecule has 0 amide bonds. The number of aldehydes is 1. The first-order chi connectivity index (χ1) is 9.28. The molecule has 0 radical (unpaired) electrons. The molecule has 96 valence electrons. The summed E-state index contributed by atoms with van der Waals surface area (Å²) in [5.41, 5.74) is 3.54. The highest BCUT2D eigenvalue weighted by atomic mass is 35.5. The third-order valence-electron chi connectivity index (χ3n) is 3.41. The molecular weight excluding hydrogens is 276 g/mol. The largest absolute Gasteiger partial charge is 0.298 e. The lowest BCUT2D eigenvalue weighted by atomic mass is 10.1. The highest BCUT2D eigenvalue weighted by Crippen LogP contribution is 2.37. The van der Waals surface area contributed by atoms with Gasteiger partial charge < -0.3 is 0 Å². The van der Waals surface area contributed by atoms with Crippen molar-refractivity contribution in [3.8, 4) is 0 Å². The van der Waals surface area contributed by atoms with Crippen LogP contribution in [0.5, 0.6) is 0 Å². The number of benzene rings is 2. The van der Waals surface area contributed by atoms with Crippen molar-refractivity contribution < 1.29 is 4.79 Å². The van der Waals surface area contributed by atoms with Gasteiger partial charge in [-0.1, -0.05) is 41.6 Å². The minimum atomic E-state index is 0.634. The number of fused-ring (bicyclic) bond motifs is 1. The molecule has 0 aromatic heterocycles. The van der Waals surface area contributed by atoms with Gasteiger partial charge in [0.25, 0.3) is 0 Å². The van der Waals surface area contributed by atoms with E-state index in [0.717, 1.165) is 22.5 Å². The average Bonchev–Trinajstić information content (AvgIpc) is 2.88. The number of rotatable bonds is 3. The van der Waals surface area contributed by atoms with E-state index in [1.54, 1.807) is 23.9 Å². The average molecular weight is 289 g/mol. The van der Waals surface area contributed by atoms with Gasteiger partial charge in [0.15, 0.2) is 6.29 Å². The molecule has 2 aromatic carbocycles. The molecule has 19 heavy (non-hydrogen) atoms. The molecule has 2 aromatic rings. The summed E-state index contributed by atoms with van der Waals surface area (Å²) in [4.78, 5) is 13.1. The molecule has 0 fully saturated rings. The van der Waals surface area contributed by atoms with Gasteiger partial charge in [-0.25, -0.2) is 0 Å². The molecule has 0 unspecified atom stereocenters. The van der Waals surface area contributed by atoms with Crippen LogP contribution in [0.3, 0.4) is 0 Å². The van der Waals surface area contributed by atoms with Gasteiger partial charge in [0.2, 0.25) is 0 Å². The highest BCUT2D eigenvalue weighted by molar-refractivity contribution is 7.99. The first-order valence-electron chi connectivity index (χ1n) is 6.31. The monoisotopic (exact) mass is 288 g/mol. The Kier molecular flexibility index (Phi) is 3.63. The SMILES string of the molecule is O=Cc1cccc(Cl)c1Sc1ccc2c(c1)CCC2. The first-order valence-corrected chi connectivity index (χ1v) is 7.51. The molecule has 3 heteroatoms. The zero-order chi connectivity index (χ0) is 13.2. The fourth-order valence-corrected chi connectivity index (χ4v) is 3.73. The van der Waals surface area contributed by atoms with Crippen LogP contribution in [0.15, 0.2) is 46.2 Å². The van der Waals surface area contributed by atoms with Crippen molar-refractivity contribution in [2.45, 2.75) is 29.1 Å². The van der Waals surface area contributed by atoms with Gasteiger partial charge in [0, 0.05) is 15.4 Å². The quantitative estimate of drug-likeness (QED) is 0.755. The van der Waals surface area contributed by atoms with Gasteiger partial charge in [0.1, 0.15) is 0 Å². The number of aryl methyl sites for hydroxylation is 2. The Morgan fingerprint density at radius 3 is 2.79 bits per heavy atom. The topological polar surface area (TPSA) is 17.1 Å². The van der Waals surface area contributed by atoms with Gasteiger partial charge in [0.05, 0.1) is 5.02 Å². The van der Waals surface area contributed by atoms with E-state index in [-0.39, 0.29) is 0 Å². The normalized spacial score (nSPS) is 13.3. The number of carbonyl (C=O) groups excluding carboxylic acids is 1. The third kappa shape index (κ3) is 2.56. The van der Waals surface area contributed by atoms with Crippen LogP contribution in [-0.4, -0.2) is 6.29 Å². The second-order valence-electron chi connectivity index (χ2n) is 4.66. The van der Waals surface area contributed by atoms with Gasteiger partial charge in [-0.3, -0.25) is 4.79 Å². The lowest BCUT2D eigenvalue weighted by molar-refractivity contribution is 0.112. The molecule has 0 atom stereocenters. The molecule has 1 nitrogen and oxygen atoms in total. The standard InChI is InChI=1S/C16H13ClOS/c17-15-6-2-5-13(10-18)16(15)19-14-8-7-11-3-1-4-12(11)9-14/h2,5-10H,1,3-4H2. The molecule has 1 aliphatic rings. The number of hydrogen-bond donors (Lipinski definition) is 0. The Balaban J connectivity index is 1.95. The number of carbonyl (C=O) groups is 1. The second kappa shape index (κ2) is 5.40. The van der Waals surface area contributed by atoms with Crippen LogP contribution in [0, 0.1) is 0 Å². The van der Waals surface area contributed by atoms with Gasteiger partial charge >= 0.3 is 0 Å². The fraction of sp³-hybridized carbons (Fsp3) is 0.188. The zero-order valence-electron chi connectivity index (χ0n) is 10.4. The molecule has 0 saturated heterocycles.